The molecule has 9 rings (SSSR count). The number of ether oxygens (including phenoxy) is 2. The van der Waals surface area contributed by atoms with Crippen molar-refractivity contribution in [1.29, 1.82) is 0 Å². The molecule has 7 aromatic rings. The van der Waals surface area contributed by atoms with Crippen LogP contribution in [0.15, 0.2) is 60.7 Å². The molecule has 2 saturated heterocycles. The number of methoxy groups -OCH3 is 2. The Morgan fingerprint density at radius 3 is 1.45 bits per heavy atom. The Kier molecular flexibility index (Phi) is 11.1. The Bertz CT molecular complexity index is 2620. The van der Waals surface area contributed by atoms with Gasteiger partial charge >= 0.3 is 12.2 Å². The van der Waals surface area contributed by atoms with Crippen LogP contribution < -0.4 is 10.6 Å². The second-order valence-corrected chi connectivity index (χ2v) is 19.1. The Morgan fingerprint density at radius 2 is 1.06 bits per heavy atom. The van der Waals surface area contributed by atoms with Crippen LogP contribution in [-0.2, 0) is 19.1 Å². The number of H-pyrrole nitrogens is 2. The molecule has 2 fully saturated rings. The maximum atomic E-state index is 13.7. The number of amides is 4. The molecule has 4 unspecified atom stereocenters. The third-order valence-corrected chi connectivity index (χ3v) is 14.5. The summed E-state index contributed by atoms with van der Waals surface area (Å²) < 4.78 is 12.0. The number of nitrogens with one attached hydrogen (secondary N) is 4. The molecule has 0 aliphatic carbocycles. The zero-order valence-electron chi connectivity index (χ0n) is 35.5. The lowest BCUT2D eigenvalue weighted by atomic mass is 10.0. The van der Waals surface area contributed by atoms with E-state index in [0.29, 0.717) is 13.1 Å². The number of nitrogens with zero attached hydrogens (tertiary/aromatic N) is 4. The summed E-state index contributed by atoms with van der Waals surface area (Å²) in [6.45, 7) is 8.85. The predicted octanol–water partition coefficient (Wildman–Crippen LogP) is 9.29. The van der Waals surface area contributed by atoms with E-state index in [2.05, 4.69) is 81.3 Å². The first-order valence-electron chi connectivity index (χ1n) is 21.2. The summed E-state index contributed by atoms with van der Waals surface area (Å²) in [6, 6.07) is 19.8. The third-order valence-electron chi connectivity index (χ3n) is 12.2. The molecule has 0 spiro atoms. The van der Waals surface area contributed by atoms with Gasteiger partial charge in [-0.3, -0.25) is 9.59 Å². The van der Waals surface area contributed by atoms with Gasteiger partial charge in [0.25, 0.3) is 0 Å². The molecule has 62 heavy (non-hydrogen) atoms. The monoisotopic (exact) mass is 874 g/mol. The summed E-state index contributed by atoms with van der Waals surface area (Å²) >= 11 is 3.51. The molecule has 16 heteroatoms. The number of carbonyl (C=O) groups is 4. The lowest BCUT2D eigenvalue weighted by molar-refractivity contribution is -0.136. The standard InChI is InChI=1S/C46H50N8O6S2/c1-23(2)39(51-45(57)59-5)43(55)53-15-7-9-33(53)41-47-29-13-11-25(17-31(29)49-41)35-19-27-21-38-28(22-37(27)61-35)20-36(62-38)26-12-14-30-32(18-26)50-42(48-30)34-10-8-16-54(34)44(56)40(24(3)4)52-46(58)60-6/h11-14,17-24,33-34,39-40H,7-10,15-16H2,1-6H3,(H,47,49)(H,48,50)(H,51,57)(H,52,58). The summed E-state index contributed by atoms with van der Waals surface area (Å²) in [7, 11) is 2.60. The van der Waals surface area contributed by atoms with Crippen molar-refractivity contribution in [3.63, 3.8) is 0 Å². The van der Waals surface area contributed by atoms with Gasteiger partial charge in [-0.1, -0.05) is 39.8 Å². The molecule has 4 amide bonds. The summed E-state index contributed by atoms with van der Waals surface area (Å²) in [5.41, 5.74) is 5.67. The van der Waals surface area contributed by atoms with Gasteiger partial charge in [0, 0.05) is 32.2 Å². The molecule has 322 valence electrons. The molecule has 2 aliphatic rings. The van der Waals surface area contributed by atoms with Crippen molar-refractivity contribution in [3.05, 3.63) is 72.3 Å². The summed E-state index contributed by atoms with van der Waals surface area (Å²) in [6.07, 6.45) is 2.05. The van der Waals surface area contributed by atoms with E-state index in [1.54, 1.807) is 22.7 Å². The number of imidazole rings is 2. The lowest BCUT2D eigenvalue weighted by Crippen LogP contribution is -2.51. The number of hydrogen-bond acceptors (Lipinski definition) is 10. The number of hydrogen-bond donors (Lipinski definition) is 4. The second kappa shape index (κ2) is 16.7. The van der Waals surface area contributed by atoms with Gasteiger partial charge in [0.15, 0.2) is 0 Å². The normalized spacial score (nSPS) is 17.8. The van der Waals surface area contributed by atoms with E-state index in [-0.39, 0.29) is 35.7 Å². The smallest absolute Gasteiger partial charge is 0.407 e. The van der Waals surface area contributed by atoms with E-state index in [1.165, 1.54) is 34.4 Å². The summed E-state index contributed by atoms with van der Waals surface area (Å²) in [5, 5.41) is 7.80. The van der Waals surface area contributed by atoms with E-state index in [0.717, 1.165) is 80.3 Å². The number of aromatic nitrogens is 4. The van der Waals surface area contributed by atoms with Crippen LogP contribution in [0.4, 0.5) is 9.59 Å². The van der Waals surface area contributed by atoms with Crippen molar-refractivity contribution in [1.82, 2.24) is 40.4 Å². The molecule has 3 aromatic carbocycles. The predicted molar refractivity (Wildman–Crippen MR) is 243 cm³/mol. The Morgan fingerprint density at radius 1 is 0.645 bits per heavy atom. The number of rotatable bonds is 10. The van der Waals surface area contributed by atoms with E-state index in [1.807, 2.05) is 37.5 Å². The maximum Gasteiger partial charge on any atom is 0.407 e. The van der Waals surface area contributed by atoms with E-state index in [4.69, 9.17) is 19.4 Å². The van der Waals surface area contributed by atoms with Crippen LogP contribution in [0.5, 0.6) is 0 Å². The van der Waals surface area contributed by atoms with Gasteiger partial charge in [-0.2, -0.15) is 0 Å². The average molecular weight is 875 g/mol. The summed E-state index contributed by atoms with van der Waals surface area (Å²) in [5.74, 6) is 1.03. The van der Waals surface area contributed by atoms with Crippen LogP contribution in [0.1, 0.15) is 77.1 Å². The lowest BCUT2D eigenvalue weighted by Gasteiger charge is -2.29. The van der Waals surface area contributed by atoms with Gasteiger partial charge in [-0.05, 0) is 108 Å². The topological polar surface area (TPSA) is 175 Å². The zero-order chi connectivity index (χ0) is 43.4. The molecule has 0 saturated carbocycles. The molecule has 2 aliphatic heterocycles. The fraction of sp³-hybridized carbons (Fsp3) is 0.391. The molecule has 4 N–H and O–H groups in total. The zero-order valence-corrected chi connectivity index (χ0v) is 37.2. The van der Waals surface area contributed by atoms with Gasteiger partial charge in [0.2, 0.25) is 11.8 Å². The number of likely N-dealkylation sites (tertiary alicyclic amines) is 2. The quantitative estimate of drug-likeness (QED) is 0.105. The average Bonchev–Trinajstić information content (AvgIpc) is 4.12. The highest BCUT2D eigenvalue weighted by atomic mass is 32.1. The van der Waals surface area contributed by atoms with E-state index in [9.17, 15) is 19.2 Å². The van der Waals surface area contributed by atoms with Gasteiger partial charge in [-0.15, -0.1) is 22.7 Å². The number of aromatic amines is 2. The van der Waals surface area contributed by atoms with Crippen molar-refractivity contribution in [2.24, 2.45) is 11.8 Å². The van der Waals surface area contributed by atoms with Crippen molar-refractivity contribution in [2.45, 2.75) is 77.5 Å². The third kappa shape index (κ3) is 7.74. The number of fused-ring (bicyclic) bond motifs is 4. The number of carbonyl (C=O) groups excluding carboxylic acids is 4. The maximum absolute atomic E-state index is 13.7. The minimum absolute atomic E-state index is 0.105. The fourth-order valence-corrected chi connectivity index (χ4v) is 11.1. The molecule has 0 bridgehead atoms. The first-order chi connectivity index (χ1) is 29.9. The summed E-state index contributed by atoms with van der Waals surface area (Å²) in [4.78, 5) is 74.4. The van der Waals surface area contributed by atoms with Crippen molar-refractivity contribution in [2.75, 3.05) is 27.3 Å². The first-order valence-corrected chi connectivity index (χ1v) is 22.8. The first kappa shape index (κ1) is 41.4. The second-order valence-electron chi connectivity index (χ2n) is 17.0. The molecular weight excluding hydrogens is 825 g/mol. The van der Waals surface area contributed by atoms with Crippen LogP contribution in [-0.4, -0.2) is 93.1 Å². The van der Waals surface area contributed by atoms with Crippen LogP contribution in [0, 0.1) is 11.8 Å². The van der Waals surface area contributed by atoms with Crippen molar-refractivity contribution < 1.29 is 28.7 Å². The van der Waals surface area contributed by atoms with Crippen LogP contribution in [0.25, 0.3) is 63.1 Å². The van der Waals surface area contributed by atoms with Crippen LogP contribution in [0.2, 0.25) is 0 Å². The number of alkyl carbamates (subject to hydrolysis) is 2. The molecule has 4 atom stereocenters. The molecule has 4 aromatic heterocycles. The molecule has 0 radical (unpaired) electrons. The van der Waals surface area contributed by atoms with Crippen LogP contribution in [0.3, 0.4) is 0 Å². The molecule has 14 nitrogen and oxygen atoms in total. The van der Waals surface area contributed by atoms with Crippen molar-refractivity contribution >= 4 is 88.9 Å². The highest BCUT2D eigenvalue weighted by Crippen LogP contribution is 2.42. The number of benzene rings is 3. The molecule has 6 heterocycles. The Hall–Kier alpha value is -6.00. The largest absolute Gasteiger partial charge is 0.453 e. The molecular formula is C46H50N8O6S2. The fourth-order valence-electron chi connectivity index (χ4n) is 8.92. The van der Waals surface area contributed by atoms with Gasteiger partial charge in [0.1, 0.15) is 23.7 Å². The highest BCUT2D eigenvalue weighted by molar-refractivity contribution is 7.23. The van der Waals surface area contributed by atoms with E-state index < -0.39 is 24.3 Å². The number of thiophene rings is 2. The van der Waals surface area contributed by atoms with Crippen LogP contribution >= 0.6 is 22.7 Å². The highest BCUT2D eigenvalue weighted by Gasteiger charge is 2.39. The minimum atomic E-state index is -0.688. The SMILES string of the molecule is COC(=O)NC(C(=O)N1CCCC1c1nc2cc(-c3cc4cc5sc(-c6ccc7[nH]c(C8CCCN8C(=O)C(NC(=O)OC)C(C)C)nc7c6)cc5cc4s3)ccc2[nH]1)C(C)C. The van der Waals surface area contributed by atoms with E-state index >= 15 is 0 Å². The van der Waals surface area contributed by atoms with Crippen molar-refractivity contribution in [3.8, 4) is 20.9 Å². The minimum Gasteiger partial charge on any atom is -0.453 e. The van der Waals surface area contributed by atoms with Gasteiger partial charge in [0.05, 0.1) is 48.4 Å². The van der Waals surface area contributed by atoms with Gasteiger partial charge in [-0.25, -0.2) is 19.6 Å². The Balaban J connectivity index is 0.929. The Labute approximate surface area is 366 Å². The van der Waals surface area contributed by atoms with Gasteiger partial charge < -0.3 is 39.9 Å².